The highest BCUT2D eigenvalue weighted by Crippen LogP contribution is 2.45. The fourth-order valence-corrected chi connectivity index (χ4v) is 8.73. The van der Waals surface area contributed by atoms with Crippen LogP contribution >= 0.6 is 11.3 Å². The molecule has 0 spiro atoms. The van der Waals surface area contributed by atoms with Crippen molar-refractivity contribution in [3.8, 4) is 10.6 Å². The number of nitrogens with zero attached hydrogens (tertiary/aromatic N) is 6. The Hall–Kier alpha value is -3.34. The SMILES string of the molecule is C[C@@H]1CN(c2ccc(Nc3ncc(C(F)(F)F)c(-c4cc5c(s4)C(=O)N(C4COC4)CCS5(=O)=O)n3)c(C3CC3)n2)CCN1C. The molecule has 7 rings (SSSR count). The van der Waals surface area contributed by atoms with Gasteiger partial charge in [-0.1, -0.05) is 0 Å². The van der Waals surface area contributed by atoms with Crippen molar-refractivity contribution in [3.63, 3.8) is 0 Å². The third-order valence-corrected chi connectivity index (χ3v) is 11.9. The highest BCUT2D eigenvalue weighted by atomic mass is 32.2. The summed E-state index contributed by atoms with van der Waals surface area (Å²) < 4.78 is 74.1. The molecule has 11 nitrogen and oxygen atoms in total. The van der Waals surface area contributed by atoms with Crippen LogP contribution < -0.4 is 10.2 Å². The zero-order valence-corrected chi connectivity index (χ0v) is 26.3. The summed E-state index contributed by atoms with van der Waals surface area (Å²) in [7, 11) is -1.84. The number of halogens is 3. The van der Waals surface area contributed by atoms with Gasteiger partial charge in [-0.05, 0) is 45.0 Å². The van der Waals surface area contributed by atoms with Gasteiger partial charge in [0.2, 0.25) is 5.95 Å². The van der Waals surface area contributed by atoms with Crippen LogP contribution in [0.25, 0.3) is 10.6 Å². The van der Waals surface area contributed by atoms with Crippen LogP contribution in [0.15, 0.2) is 29.3 Å². The quantitative estimate of drug-likeness (QED) is 0.414. The first-order valence-electron chi connectivity index (χ1n) is 14.8. The molecule has 1 aliphatic carbocycles. The Morgan fingerprint density at radius 3 is 2.56 bits per heavy atom. The van der Waals surface area contributed by atoms with Crippen LogP contribution in [0.4, 0.5) is 30.6 Å². The number of piperazine rings is 1. The standard InChI is InChI=1S/C29H32F3N7O4S2/c1-16-13-38(8-7-37(16)2)23-6-5-20(24(35-23)17-3-4-17)34-28-33-12-19(29(30,31)32)25(36-28)21-11-22-26(44-21)27(40)39(18-14-43-15-18)9-10-45(22,41)42/h5-6,11-12,16-18H,3-4,7-10,13-15H2,1-2H3,(H,33,34,36)/t16-/m1/s1. The first-order valence-corrected chi connectivity index (χ1v) is 17.3. The summed E-state index contributed by atoms with van der Waals surface area (Å²) >= 11 is 0.699. The predicted molar refractivity (Wildman–Crippen MR) is 162 cm³/mol. The lowest BCUT2D eigenvalue weighted by atomic mass is 10.1. The number of nitrogens with one attached hydrogen (secondary N) is 1. The van der Waals surface area contributed by atoms with Crippen LogP contribution in [0.1, 0.15) is 46.6 Å². The molecule has 3 aromatic heterocycles. The van der Waals surface area contributed by atoms with E-state index in [0.29, 0.717) is 29.3 Å². The molecule has 45 heavy (non-hydrogen) atoms. The van der Waals surface area contributed by atoms with Gasteiger partial charge in [0.25, 0.3) is 5.91 Å². The van der Waals surface area contributed by atoms with E-state index in [4.69, 9.17) is 9.72 Å². The summed E-state index contributed by atoms with van der Waals surface area (Å²) in [4.78, 5) is 32.1. The number of rotatable bonds is 6. The van der Waals surface area contributed by atoms with Gasteiger partial charge in [-0.3, -0.25) is 4.79 Å². The van der Waals surface area contributed by atoms with Crippen molar-refractivity contribution < 1.29 is 31.1 Å². The normalized spacial score (nSPS) is 22.6. The summed E-state index contributed by atoms with van der Waals surface area (Å²) in [6.07, 6.45) is -2.23. The van der Waals surface area contributed by atoms with E-state index < -0.39 is 33.2 Å². The van der Waals surface area contributed by atoms with Crippen LogP contribution in [0.3, 0.4) is 0 Å². The average molecular weight is 664 g/mol. The van der Waals surface area contributed by atoms with Gasteiger partial charge in [-0.25, -0.2) is 23.4 Å². The molecule has 1 atom stereocenters. The third-order valence-electron chi connectivity index (χ3n) is 8.88. The number of fused-ring (bicyclic) bond motifs is 1. The number of likely N-dealkylation sites (N-methyl/N-ethyl adjacent to an activating group) is 1. The predicted octanol–water partition coefficient (Wildman–Crippen LogP) is 4.01. The van der Waals surface area contributed by atoms with Crippen molar-refractivity contribution in [3.05, 3.63) is 40.5 Å². The molecule has 0 unspecified atom stereocenters. The fraction of sp³-hybridized carbons (Fsp3) is 0.517. The molecule has 240 valence electrons. The number of thiophene rings is 1. The lowest BCUT2D eigenvalue weighted by molar-refractivity contribution is -0.137. The van der Waals surface area contributed by atoms with E-state index in [1.165, 1.54) is 4.90 Å². The summed E-state index contributed by atoms with van der Waals surface area (Å²) in [5, 5.41) is 3.08. The second-order valence-corrected chi connectivity index (χ2v) is 15.2. The van der Waals surface area contributed by atoms with E-state index in [2.05, 4.69) is 39.1 Å². The Bertz CT molecular complexity index is 1760. The van der Waals surface area contributed by atoms with Gasteiger partial charge < -0.3 is 24.8 Å². The van der Waals surface area contributed by atoms with E-state index in [0.717, 1.165) is 50.1 Å². The van der Waals surface area contributed by atoms with Crippen LogP contribution in [-0.2, 0) is 20.8 Å². The maximum atomic E-state index is 14.2. The monoisotopic (exact) mass is 663 g/mol. The number of carbonyl (C=O) groups excluding carboxylic acids is 1. The van der Waals surface area contributed by atoms with E-state index >= 15 is 0 Å². The highest BCUT2D eigenvalue weighted by Gasteiger charge is 2.41. The number of hydrogen-bond donors (Lipinski definition) is 1. The summed E-state index contributed by atoms with van der Waals surface area (Å²) in [5.41, 5.74) is -0.210. The van der Waals surface area contributed by atoms with Crippen LogP contribution in [0, 0.1) is 0 Å². The molecule has 0 aromatic carbocycles. The molecule has 6 heterocycles. The number of aromatic nitrogens is 3. The number of hydrogen-bond acceptors (Lipinski definition) is 11. The Morgan fingerprint density at radius 2 is 1.89 bits per heavy atom. The molecule has 1 amide bonds. The molecule has 4 aliphatic rings. The molecule has 3 fully saturated rings. The number of anilines is 3. The van der Waals surface area contributed by atoms with Crippen molar-refractivity contribution in [2.45, 2.75) is 48.8 Å². The minimum Gasteiger partial charge on any atom is -0.377 e. The molecular weight excluding hydrogens is 631 g/mol. The van der Waals surface area contributed by atoms with Gasteiger partial charge in [-0.2, -0.15) is 13.2 Å². The molecule has 3 aliphatic heterocycles. The van der Waals surface area contributed by atoms with Crippen molar-refractivity contribution in [2.75, 3.05) is 62.4 Å². The molecule has 1 N–H and O–H groups in total. The van der Waals surface area contributed by atoms with E-state index in [-0.39, 0.29) is 58.1 Å². The number of ether oxygens (including phenoxy) is 1. The maximum Gasteiger partial charge on any atom is 0.420 e. The molecule has 3 aromatic rings. The molecule has 1 saturated carbocycles. The molecule has 16 heteroatoms. The Labute approximate surface area is 262 Å². The number of carbonyl (C=O) groups is 1. The van der Waals surface area contributed by atoms with Crippen molar-refractivity contribution >= 4 is 44.5 Å². The topological polar surface area (TPSA) is 121 Å². The van der Waals surface area contributed by atoms with E-state index in [9.17, 15) is 26.4 Å². The molecular formula is C29H32F3N7O4S2. The fourth-order valence-electron chi connectivity index (χ4n) is 5.81. The van der Waals surface area contributed by atoms with Crippen LogP contribution in [0.2, 0.25) is 0 Å². The minimum atomic E-state index is -4.82. The summed E-state index contributed by atoms with van der Waals surface area (Å²) in [6.45, 7) is 5.31. The highest BCUT2D eigenvalue weighted by molar-refractivity contribution is 7.91. The average Bonchev–Trinajstić information content (AvgIpc) is 3.72. The minimum absolute atomic E-state index is 0.00864. The van der Waals surface area contributed by atoms with Gasteiger partial charge in [0.1, 0.15) is 16.3 Å². The second kappa shape index (κ2) is 11.2. The summed E-state index contributed by atoms with van der Waals surface area (Å²) in [6, 6.07) is 4.98. The molecule has 0 radical (unpaired) electrons. The first kappa shape index (κ1) is 30.3. The maximum absolute atomic E-state index is 14.2. The number of alkyl halides is 3. The van der Waals surface area contributed by atoms with Crippen LogP contribution in [0.5, 0.6) is 0 Å². The number of pyridine rings is 1. The van der Waals surface area contributed by atoms with Crippen molar-refractivity contribution in [2.24, 2.45) is 0 Å². The number of sulfone groups is 1. The van der Waals surface area contributed by atoms with E-state index in [1.807, 2.05) is 12.1 Å². The Morgan fingerprint density at radius 1 is 1.11 bits per heavy atom. The van der Waals surface area contributed by atoms with Gasteiger partial charge in [-0.15, -0.1) is 11.3 Å². The number of amides is 1. The Kier molecular flexibility index (Phi) is 7.53. The van der Waals surface area contributed by atoms with Gasteiger partial charge in [0, 0.05) is 44.3 Å². The smallest absolute Gasteiger partial charge is 0.377 e. The van der Waals surface area contributed by atoms with Crippen molar-refractivity contribution in [1.29, 1.82) is 0 Å². The van der Waals surface area contributed by atoms with Gasteiger partial charge >= 0.3 is 6.18 Å². The Balaban J connectivity index is 1.24. The van der Waals surface area contributed by atoms with E-state index in [1.54, 1.807) is 0 Å². The zero-order valence-electron chi connectivity index (χ0n) is 24.7. The molecule has 0 bridgehead atoms. The van der Waals surface area contributed by atoms with Crippen LogP contribution in [-0.4, -0.2) is 103 Å². The van der Waals surface area contributed by atoms with Gasteiger partial charge in [0.15, 0.2) is 9.84 Å². The zero-order chi connectivity index (χ0) is 31.7. The largest absolute Gasteiger partial charge is 0.420 e. The summed E-state index contributed by atoms with van der Waals surface area (Å²) in [5.74, 6) is 0.116. The second-order valence-electron chi connectivity index (χ2n) is 12.0. The lowest BCUT2D eigenvalue weighted by Crippen LogP contribution is -2.52. The lowest BCUT2D eigenvalue weighted by Gasteiger charge is -2.38. The van der Waals surface area contributed by atoms with Crippen molar-refractivity contribution in [1.82, 2.24) is 24.8 Å². The van der Waals surface area contributed by atoms with Gasteiger partial charge in [0.05, 0.1) is 51.9 Å². The molecule has 2 saturated heterocycles. The first-order chi connectivity index (χ1) is 21.4. The third kappa shape index (κ3) is 5.77.